The third-order valence-electron chi connectivity index (χ3n) is 4.24. The van der Waals surface area contributed by atoms with Crippen LogP contribution < -0.4 is 10.1 Å². The standard InChI is InChI=1S/C16H22F3NO/c1-11-7-8-13(9-12(11)2)20-14-5-3-4-6-15(14)21-10-16(17,18)19/h3-6,11-13,20H,7-10H2,1-2H3. The lowest BCUT2D eigenvalue weighted by Crippen LogP contribution is -2.30. The highest BCUT2D eigenvalue weighted by Gasteiger charge is 2.29. The number of hydrogen-bond acceptors (Lipinski definition) is 2. The molecule has 0 spiro atoms. The van der Waals surface area contributed by atoms with Crippen LogP contribution in [-0.2, 0) is 0 Å². The van der Waals surface area contributed by atoms with Crippen LogP contribution in [0.25, 0.3) is 0 Å². The summed E-state index contributed by atoms with van der Waals surface area (Å²) < 4.78 is 41.7. The molecule has 1 N–H and O–H groups in total. The summed E-state index contributed by atoms with van der Waals surface area (Å²) in [4.78, 5) is 0. The SMILES string of the molecule is CC1CCC(Nc2ccccc2OCC(F)(F)F)CC1C. The number of rotatable bonds is 4. The van der Waals surface area contributed by atoms with Gasteiger partial charge in [-0.1, -0.05) is 26.0 Å². The Morgan fingerprint density at radius 1 is 1.14 bits per heavy atom. The second kappa shape index (κ2) is 6.58. The van der Waals surface area contributed by atoms with E-state index in [1.54, 1.807) is 24.3 Å². The average molecular weight is 301 g/mol. The first-order valence-electron chi connectivity index (χ1n) is 7.40. The third kappa shape index (κ3) is 4.83. The predicted octanol–water partition coefficient (Wildman–Crippen LogP) is 4.86. The van der Waals surface area contributed by atoms with Crippen LogP contribution in [0.3, 0.4) is 0 Å². The van der Waals surface area contributed by atoms with Crippen molar-refractivity contribution in [1.82, 2.24) is 0 Å². The predicted molar refractivity (Wildman–Crippen MR) is 77.6 cm³/mol. The van der Waals surface area contributed by atoms with Gasteiger partial charge in [0.05, 0.1) is 5.69 Å². The molecule has 0 saturated heterocycles. The van der Waals surface area contributed by atoms with E-state index in [0.717, 1.165) is 19.3 Å². The maximum atomic E-state index is 12.3. The zero-order valence-electron chi connectivity index (χ0n) is 12.4. The number of para-hydroxylation sites is 2. The third-order valence-corrected chi connectivity index (χ3v) is 4.24. The van der Waals surface area contributed by atoms with E-state index >= 15 is 0 Å². The van der Waals surface area contributed by atoms with Crippen LogP contribution in [0.4, 0.5) is 18.9 Å². The van der Waals surface area contributed by atoms with Crippen molar-refractivity contribution < 1.29 is 17.9 Å². The second-order valence-electron chi connectivity index (χ2n) is 6.01. The van der Waals surface area contributed by atoms with Crippen LogP contribution in [0.15, 0.2) is 24.3 Å². The van der Waals surface area contributed by atoms with Gasteiger partial charge in [0.15, 0.2) is 6.61 Å². The van der Waals surface area contributed by atoms with E-state index in [1.807, 2.05) is 0 Å². The zero-order valence-corrected chi connectivity index (χ0v) is 12.4. The Morgan fingerprint density at radius 3 is 2.52 bits per heavy atom. The van der Waals surface area contributed by atoms with Gasteiger partial charge in [-0.3, -0.25) is 0 Å². The minimum atomic E-state index is -4.32. The summed E-state index contributed by atoms with van der Waals surface area (Å²) in [5, 5.41) is 3.34. The quantitative estimate of drug-likeness (QED) is 0.857. The Kier molecular flexibility index (Phi) is 5.01. The molecule has 3 unspecified atom stereocenters. The highest BCUT2D eigenvalue weighted by atomic mass is 19.4. The summed E-state index contributed by atoms with van der Waals surface area (Å²) in [7, 11) is 0. The maximum Gasteiger partial charge on any atom is 0.422 e. The Labute approximate surface area is 123 Å². The summed E-state index contributed by atoms with van der Waals surface area (Å²) in [5.41, 5.74) is 0.647. The summed E-state index contributed by atoms with van der Waals surface area (Å²) in [6, 6.07) is 7.13. The van der Waals surface area contributed by atoms with Gasteiger partial charge in [0, 0.05) is 6.04 Å². The lowest BCUT2D eigenvalue weighted by Gasteiger charge is -2.33. The molecule has 1 aromatic carbocycles. The Hall–Kier alpha value is -1.39. The summed E-state index contributed by atoms with van der Waals surface area (Å²) in [6.07, 6.45) is -1.10. The van der Waals surface area contributed by atoms with Gasteiger partial charge < -0.3 is 10.1 Å². The molecular weight excluding hydrogens is 279 g/mol. The highest BCUT2D eigenvalue weighted by Crippen LogP contribution is 2.33. The molecule has 3 atom stereocenters. The van der Waals surface area contributed by atoms with Crippen molar-refractivity contribution in [2.24, 2.45) is 11.8 Å². The Morgan fingerprint density at radius 2 is 1.86 bits per heavy atom. The number of benzene rings is 1. The van der Waals surface area contributed by atoms with E-state index in [2.05, 4.69) is 19.2 Å². The first-order valence-corrected chi connectivity index (χ1v) is 7.40. The molecule has 1 fully saturated rings. The molecule has 118 valence electrons. The molecule has 1 saturated carbocycles. The molecule has 2 nitrogen and oxygen atoms in total. The van der Waals surface area contributed by atoms with Gasteiger partial charge >= 0.3 is 6.18 Å². The summed E-state index contributed by atoms with van der Waals surface area (Å²) in [5.74, 6) is 1.60. The molecule has 2 rings (SSSR count). The number of ether oxygens (including phenoxy) is 1. The number of alkyl halides is 3. The fourth-order valence-corrected chi connectivity index (χ4v) is 2.77. The van der Waals surface area contributed by atoms with Crippen LogP contribution >= 0.6 is 0 Å². The van der Waals surface area contributed by atoms with Crippen molar-refractivity contribution in [3.05, 3.63) is 24.3 Å². The average Bonchev–Trinajstić information content (AvgIpc) is 2.41. The van der Waals surface area contributed by atoms with Crippen molar-refractivity contribution in [3.8, 4) is 5.75 Å². The maximum absolute atomic E-state index is 12.3. The fourth-order valence-electron chi connectivity index (χ4n) is 2.77. The fraction of sp³-hybridized carbons (Fsp3) is 0.625. The van der Waals surface area contributed by atoms with E-state index in [0.29, 0.717) is 23.6 Å². The van der Waals surface area contributed by atoms with E-state index in [1.165, 1.54) is 0 Å². The van der Waals surface area contributed by atoms with Gasteiger partial charge in [0.1, 0.15) is 5.75 Å². The number of nitrogens with one attached hydrogen (secondary N) is 1. The van der Waals surface area contributed by atoms with Gasteiger partial charge in [0.25, 0.3) is 0 Å². The van der Waals surface area contributed by atoms with Gasteiger partial charge in [-0.25, -0.2) is 0 Å². The topological polar surface area (TPSA) is 21.3 Å². The van der Waals surface area contributed by atoms with Crippen LogP contribution in [0.2, 0.25) is 0 Å². The van der Waals surface area contributed by atoms with Crippen molar-refractivity contribution in [2.75, 3.05) is 11.9 Å². The molecule has 0 heterocycles. The molecule has 0 amide bonds. The first kappa shape index (κ1) is 16.0. The molecule has 1 aromatic rings. The molecular formula is C16H22F3NO. The minimum absolute atomic E-state index is 0.265. The van der Waals surface area contributed by atoms with Gasteiger partial charge in [-0.05, 0) is 43.2 Å². The summed E-state index contributed by atoms with van der Waals surface area (Å²) >= 11 is 0. The van der Waals surface area contributed by atoms with Crippen molar-refractivity contribution in [1.29, 1.82) is 0 Å². The van der Waals surface area contributed by atoms with Crippen molar-refractivity contribution in [3.63, 3.8) is 0 Å². The van der Waals surface area contributed by atoms with Crippen LogP contribution in [0, 0.1) is 11.8 Å². The highest BCUT2D eigenvalue weighted by molar-refractivity contribution is 5.56. The lowest BCUT2D eigenvalue weighted by atomic mass is 9.79. The molecule has 0 aromatic heterocycles. The van der Waals surface area contributed by atoms with E-state index in [4.69, 9.17) is 4.74 Å². The van der Waals surface area contributed by atoms with Crippen LogP contribution in [-0.4, -0.2) is 18.8 Å². The van der Waals surface area contributed by atoms with Gasteiger partial charge in [-0.2, -0.15) is 13.2 Å². The lowest BCUT2D eigenvalue weighted by molar-refractivity contribution is -0.153. The molecule has 0 radical (unpaired) electrons. The van der Waals surface area contributed by atoms with Gasteiger partial charge in [0.2, 0.25) is 0 Å². The molecule has 1 aliphatic carbocycles. The van der Waals surface area contributed by atoms with E-state index < -0.39 is 12.8 Å². The van der Waals surface area contributed by atoms with Crippen LogP contribution in [0.5, 0.6) is 5.75 Å². The second-order valence-corrected chi connectivity index (χ2v) is 6.01. The monoisotopic (exact) mass is 301 g/mol. The smallest absolute Gasteiger partial charge is 0.422 e. The van der Waals surface area contributed by atoms with E-state index in [9.17, 15) is 13.2 Å². The largest absolute Gasteiger partial charge is 0.482 e. The number of anilines is 1. The molecule has 21 heavy (non-hydrogen) atoms. The minimum Gasteiger partial charge on any atom is -0.482 e. The number of halogens is 3. The van der Waals surface area contributed by atoms with E-state index in [-0.39, 0.29) is 5.75 Å². The normalized spacial score (nSPS) is 26.4. The summed E-state index contributed by atoms with van der Waals surface area (Å²) in [6.45, 7) is 3.22. The van der Waals surface area contributed by atoms with Crippen molar-refractivity contribution >= 4 is 5.69 Å². The molecule has 1 aliphatic rings. The molecule has 5 heteroatoms. The van der Waals surface area contributed by atoms with Crippen LogP contribution in [0.1, 0.15) is 33.1 Å². The Balaban J connectivity index is 2.00. The Bertz CT molecular complexity index is 461. The van der Waals surface area contributed by atoms with Crippen molar-refractivity contribution in [2.45, 2.75) is 45.3 Å². The number of hydrogen-bond donors (Lipinski definition) is 1. The molecule has 0 aliphatic heterocycles. The molecule has 0 bridgehead atoms. The van der Waals surface area contributed by atoms with Gasteiger partial charge in [-0.15, -0.1) is 0 Å². The first-order chi connectivity index (χ1) is 9.85. The zero-order chi connectivity index (χ0) is 15.5.